The van der Waals surface area contributed by atoms with Gasteiger partial charge in [-0.25, -0.2) is 4.98 Å². The molecular weight excluding hydrogens is 224 g/mol. The minimum absolute atomic E-state index is 0.0418. The maximum atomic E-state index is 11.8. The highest BCUT2D eigenvalue weighted by molar-refractivity contribution is 6.29. The fourth-order valence-electron chi connectivity index (χ4n) is 1.68. The van der Waals surface area contributed by atoms with E-state index < -0.39 is 0 Å². The van der Waals surface area contributed by atoms with Crippen LogP contribution in [0.4, 0.5) is 0 Å². The van der Waals surface area contributed by atoms with E-state index in [0.29, 0.717) is 5.15 Å². The number of hydrogen-bond donors (Lipinski definition) is 0. The van der Waals surface area contributed by atoms with Crippen molar-refractivity contribution in [1.82, 2.24) is 9.55 Å². The van der Waals surface area contributed by atoms with Gasteiger partial charge in [0.2, 0.25) is 0 Å². The SMILES string of the molecule is CCCCCn1c(C(C)C)nc(Cl)cc1=O. The Kier molecular flexibility index (Phi) is 5.00. The minimum Gasteiger partial charge on any atom is -0.296 e. The number of unbranched alkanes of at least 4 members (excludes halogenated alkanes) is 2. The second-order valence-electron chi connectivity index (χ2n) is 4.29. The zero-order valence-corrected chi connectivity index (χ0v) is 10.9. The summed E-state index contributed by atoms with van der Waals surface area (Å²) in [6.45, 7) is 6.93. The highest BCUT2D eigenvalue weighted by Crippen LogP contribution is 2.13. The molecule has 0 radical (unpaired) electrons. The first-order chi connectivity index (χ1) is 7.56. The second-order valence-corrected chi connectivity index (χ2v) is 4.68. The lowest BCUT2D eigenvalue weighted by Gasteiger charge is -2.14. The quantitative estimate of drug-likeness (QED) is 0.587. The molecule has 0 aliphatic heterocycles. The van der Waals surface area contributed by atoms with Crippen LogP contribution in [-0.2, 0) is 6.54 Å². The summed E-state index contributed by atoms with van der Waals surface area (Å²) in [5.74, 6) is 1.00. The fraction of sp³-hybridized carbons (Fsp3) is 0.667. The molecule has 1 heterocycles. The maximum absolute atomic E-state index is 11.8. The van der Waals surface area contributed by atoms with Crippen LogP contribution in [0, 0.1) is 0 Å². The van der Waals surface area contributed by atoms with Gasteiger partial charge in [-0.15, -0.1) is 0 Å². The summed E-state index contributed by atoms with van der Waals surface area (Å²) in [7, 11) is 0. The molecule has 0 saturated heterocycles. The summed E-state index contributed by atoms with van der Waals surface area (Å²) < 4.78 is 1.74. The molecule has 0 aromatic carbocycles. The summed E-state index contributed by atoms with van der Waals surface area (Å²) in [4.78, 5) is 16.0. The number of hydrogen-bond acceptors (Lipinski definition) is 2. The van der Waals surface area contributed by atoms with E-state index in [1.165, 1.54) is 6.07 Å². The van der Waals surface area contributed by atoms with E-state index in [9.17, 15) is 4.79 Å². The van der Waals surface area contributed by atoms with Crippen LogP contribution >= 0.6 is 11.6 Å². The lowest BCUT2D eigenvalue weighted by Crippen LogP contribution is -2.25. The van der Waals surface area contributed by atoms with Gasteiger partial charge < -0.3 is 0 Å². The number of aromatic nitrogens is 2. The van der Waals surface area contributed by atoms with Crippen molar-refractivity contribution in [2.75, 3.05) is 0 Å². The molecule has 0 aliphatic carbocycles. The minimum atomic E-state index is -0.0418. The average Bonchev–Trinajstić information content (AvgIpc) is 2.20. The van der Waals surface area contributed by atoms with Crippen molar-refractivity contribution >= 4 is 11.6 Å². The van der Waals surface area contributed by atoms with Crippen LogP contribution < -0.4 is 5.56 Å². The predicted molar refractivity (Wildman–Crippen MR) is 67.1 cm³/mol. The molecule has 0 saturated carbocycles. The molecule has 0 amide bonds. The van der Waals surface area contributed by atoms with Crippen molar-refractivity contribution in [3.63, 3.8) is 0 Å². The van der Waals surface area contributed by atoms with Gasteiger partial charge in [-0.05, 0) is 6.42 Å². The highest BCUT2D eigenvalue weighted by atomic mass is 35.5. The summed E-state index contributed by atoms with van der Waals surface area (Å²) in [6, 6.07) is 1.39. The van der Waals surface area contributed by atoms with E-state index in [-0.39, 0.29) is 11.5 Å². The number of nitrogens with zero attached hydrogens (tertiary/aromatic N) is 2. The third-order valence-corrected chi connectivity index (χ3v) is 2.70. The molecule has 1 rings (SSSR count). The Morgan fingerprint density at radius 1 is 1.44 bits per heavy atom. The first-order valence-electron chi connectivity index (χ1n) is 5.83. The van der Waals surface area contributed by atoms with Crippen molar-refractivity contribution in [3.05, 3.63) is 27.4 Å². The molecule has 4 heteroatoms. The van der Waals surface area contributed by atoms with Gasteiger partial charge in [0.15, 0.2) is 0 Å². The molecule has 0 unspecified atom stereocenters. The van der Waals surface area contributed by atoms with Crippen molar-refractivity contribution < 1.29 is 0 Å². The van der Waals surface area contributed by atoms with Gasteiger partial charge in [-0.3, -0.25) is 9.36 Å². The Morgan fingerprint density at radius 3 is 2.69 bits per heavy atom. The van der Waals surface area contributed by atoms with E-state index in [2.05, 4.69) is 11.9 Å². The van der Waals surface area contributed by atoms with E-state index in [1.807, 2.05) is 13.8 Å². The van der Waals surface area contributed by atoms with Gasteiger partial charge in [-0.2, -0.15) is 0 Å². The van der Waals surface area contributed by atoms with Gasteiger partial charge >= 0.3 is 0 Å². The third kappa shape index (κ3) is 3.34. The van der Waals surface area contributed by atoms with Crippen molar-refractivity contribution in [1.29, 1.82) is 0 Å². The molecule has 16 heavy (non-hydrogen) atoms. The Balaban J connectivity index is 3.00. The Labute approximate surface area is 101 Å². The molecule has 0 fully saturated rings. The third-order valence-electron chi connectivity index (χ3n) is 2.51. The van der Waals surface area contributed by atoms with Crippen LogP contribution in [0.2, 0.25) is 5.15 Å². The Morgan fingerprint density at radius 2 is 2.12 bits per heavy atom. The van der Waals surface area contributed by atoms with Crippen LogP contribution in [-0.4, -0.2) is 9.55 Å². The first kappa shape index (κ1) is 13.2. The van der Waals surface area contributed by atoms with Crippen LogP contribution in [0.3, 0.4) is 0 Å². The van der Waals surface area contributed by atoms with E-state index in [0.717, 1.165) is 31.6 Å². The van der Waals surface area contributed by atoms with Crippen LogP contribution in [0.1, 0.15) is 51.8 Å². The van der Waals surface area contributed by atoms with Crippen molar-refractivity contribution in [2.24, 2.45) is 0 Å². The zero-order chi connectivity index (χ0) is 12.1. The zero-order valence-electron chi connectivity index (χ0n) is 10.2. The van der Waals surface area contributed by atoms with Crippen molar-refractivity contribution in [3.8, 4) is 0 Å². The topological polar surface area (TPSA) is 34.9 Å². The van der Waals surface area contributed by atoms with Crippen LogP contribution in [0.5, 0.6) is 0 Å². The van der Waals surface area contributed by atoms with Crippen molar-refractivity contribution in [2.45, 2.75) is 52.5 Å². The van der Waals surface area contributed by atoms with Gasteiger partial charge in [0, 0.05) is 18.5 Å². The van der Waals surface area contributed by atoms with E-state index >= 15 is 0 Å². The predicted octanol–water partition coefficient (Wildman–Crippen LogP) is 3.21. The average molecular weight is 243 g/mol. The molecule has 0 atom stereocenters. The molecule has 0 N–H and O–H groups in total. The fourth-order valence-corrected chi connectivity index (χ4v) is 1.86. The lowest BCUT2D eigenvalue weighted by atomic mass is 10.2. The van der Waals surface area contributed by atoms with Gasteiger partial charge in [0.25, 0.3) is 5.56 Å². The summed E-state index contributed by atoms with van der Waals surface area (Å²) in [6.07, 6.45) is 3.29. The molecule has 3 nitrogen and oxygen atoms in total. The molecule has 1 aromatic heterocycles. The maximum Gasteiger partial charge on any atom is 0.254 e. The summed E-state index contributed by atoms with van der Waals surface area (Å²) >= 11 is 5.80. The van der Waals surface area contributed by atoms with Crippen LogP contribution in [0.25, 0.3) is 0 Å². The lowest BCUT2D eigenvalue weighted by molar-refractivity contribution is 0.537. The van der Waals surface area contributed by atoms with Crippen LogP contribution in [0.15, 0.2) is 10.9 Å². The Hall–Kier alpha value is -0.830. The molecule has 0 bridgehead atoms. The van der Waals surface area contributed by atoms with E-state index in [4.69, 9.17) is 11.6 Å². The van der Waals surface area contributed by atoms with Gasteiger partial charge in [-0.1, -0.05) is 45.2 Å². The summed E-state index contributed by atoms with van der Waals surface area (Å²) in [5.41, 5.74) is -0.0418. The smallest absolute Gasteiger partial charge is 0.254 e. The molecular formula is C12H19ClN2O. The Bertz CT molecular complexity index is 398. The highest BCUT2D eigenvalue weighted by Gasteiger charge is 2.10. The molecule has 0 aliphatic rings. The van der Waals surface area contributed by atoms with Gasteiger partial charge in [0.05, 0.1) is 0 Å². The number of halogens is 1. The summed E-state index contributed by atoms with van der Waals surface area (Å²) in [5, 5.41) is 0.292. The largest absolute Gasteiger partial charge is 0.296 e. The molecule has 0 spiro atoms. The normalized spacial score (nSPS) is 11.1. The van der Waals surface area contributed by atoms with Gasteiger partial charge in [0.1, 0.15) is 11.0 Å². The van der Waals surface area contributed by atoms with E-state index in [1.54, 1.807) is 4.57 Å². The first-order valence-corrected chi connectivity index (χ1v) is 6.21. The monoisotopic (exact) mass is 242 g/mol. The second kappa shape index (κ2) is 6.04. The molecule has 90 valence electrons. The standard InChI is InChI=1S/C12H19ClN2O/c1-4-5-6-7-15-11(16)8-10(13)14-12(15)9(2)3/h8-9H,4-7H2,1-3H3. The molecule has 1 aromatic rings. The number of rotatable bonds is 5.